The second kappa shape index (κ2) is 39.5. The summed E-state index contributed by atoms with van der Waals surface area (Å²) in [7, 11) is 3.65. The van der Waals surface area contributed by atoms with Crippen molar-refractivity contribution in [2.24, 2.45) is 47.5 Å². The molecule has 10 rings (SSSR count). The minimum atomic E-state index is 0.520. The fourth-order valence-electron chi connectivity index (χ4n) is 8.42. The van der Waals surface area contributed by atoms with E-state index >= 15 is 0 Å². The SMILES string of the molecule is CC(C)c1cccc2cn(C)cc12.CC1=NC(/C=C/C(C)C)=CC1.COc1cc(CC(C)C)on1.Cc1cc(OCC(C)C)no1.Cc1cn2c(C(C)C)cccc2n1.Cc1nc(CC(C)C)no1.Cc1ncc(CC(C)C)o1.Cc1nnc(CC(C)C)s1. The van der Waals surface area contributed by atoms with Gasteiger partial charge in [0, 0.05) is 101 Å². The number of fused-ring (bicyclic) bond motifs is 2. The van der Waals surface area contributed by atoms with E-state index in [1.54, 1.807) is 37.6 Å². The first kappa shape index (κ1) is 75.8. The van der Waals surface area contributed by atoms with Gasteiger partial charge in [0.05, 0.1) is 31.3 Å². The van der Waals surface area contributed by atoms with Crippen molar-refractivity contribution in [3.05, 3.63) is 159 Å². The van der Waals surface area contributed by atoms with E-state index in [0.29, 0.717) is 71.6 Å². The van der Waals surface area contributed by atoms with E-state index in [2.05, 4.69) is 246 Å². The number of rotatable bonds is 16. The molecule has 17 nitrogen and oxygen atoms in total. The molecule has 9 heterocycles. The number of oxazole rings is 1. The predicted octanol–water partition coefficient (Wildman–Crippen LogP) is 18.7. The number of hydrogen-bond donors (Lipinski definition) is 0. The van der Waals surface area contributed by atoms with Gasteiger partial charge in [-0.25, -0.2) is 9.97 Å². The summed E-state index contributed by atoms with van der Waals surface area (Å²) in [4.78, 5) is 16.8. The third-order valence-electron chi connectivity index (χ3n) is 12.4. The van der Waals surface area contributed by atoms with Crippen LogP contribution in [0.25, 0.3) is 16.4 Å². The average Bonchev–Trinajstić information content (AvgIpc) is 1.92. The summed E-state index contributed by atoms with van der Waals surface area (Å²) in [5, 5.41) is 24.1. The van der Waals surface area contributed by atoms with Crippen LogP contribution in [0, 0.1) is 70.1 Å². The molecule has 0 bridgehead atoms. The van der Waals surface area contributed by atoms with Crippen LogP contribution >= 0.6 is 11.3 Å². The number of pyridine rings is 1. The van der Waals surface area contributed by atoms with Crippen LogP contribution in [0.15, 0.2) is 120 Å². The molecule has 0 N–H and O–H groups in total. The van der Waals surface area contributed by atoms with Crippen LogP contribution in [0.3, 0.4) is 0 Å². The molecule has 0 aliphatic carbocycles. The monoisotopic (exact) mass is 1240 g/mol. The molecule has 488 valence electrons. The van der Waals surface area contributed by atoms with Crippen molar-refractivity contribution in [2.75, 3.05) is 13.7 Å². The lowest BCUT2D eigenvalue weighted by atomic mass is 9.99. The Morgan fingerprint density at radius 3 is 1.81 bits per heavy atom. The van der Waals surface area contributed by atoms with Gasteiger partial charge >= 0.3 is 0 Å². The first-order chi connectivity index (χ1) is 42.0. The van der Waals surface area contributed by atoms with Crippen molar-refractivity contribution in [3.63, 3.8) is 0 Å². The second-order valence-corrected chi connectivity index (χ2v) is 26.7. The normalized spacial score (nSPS) is 11.8. The fourth-order valence-corrected chi connectivity index (χ4v) is 9.35. The number of aryl methyl sites for hydroxylation is 6. The summed E-state index contributed by atoms with van der Waals surface area (Å²) < 4.78 is 34.3. The summed E-state index contributed by atoms with van der Waals surface area (Å²) in [6.45, 7) is 46.9. The molecule has 0 spiro atoms. The number of allylic oxidation sites excluding steroid dienone is 3. The highest BCUT2D eigenvalue weighted by Crippen LogP contribution is 2.26. The molecular formula is C71H107N11O6S. The Balaban J connectivity index is 0.000000266. The van der Waals surface area contributed by atoms with Crippen molar-refractivity contribution in [1.29, 1.82) is 0 Å². The Labute approximate surface area is 536 Å². The molecule has 0 radical (unpaired) electrons. The highest BCUT2D eigenvalue weighted by Gasteiger charge is 2.10. The zero-order chi connectivity index (χ0) is 66.3. The van der Waals surface area contributed by atoms with Crippen LogP contribution in [0.4, 0.5) is 0 Å². The molecule has 1 aliphatic heterocycles. The molecule has 1 aliphatic rings. The lowest BCUT2D eigenvalue weighted by molar-refractivity contribution is 0.243. The van der Waals surface area contributed by atoms with E-state index in [-0.39, 0.29) is 0 Å². The van der Waals surface area contributed by atoms with Crippen LogP contribution in [0.5, 0.6) is 11.8 Å². The van der Waals surface area contributed by atoms with Gasteiger partial charge in [-0.1, -0.05) is 152 Å². The first-order valence-electron chi connectivity index (χ1n) is 31.5. The summed E-state index contributed by atoms with van der Waals surface area (Å²) in [6.07, 6.45) is 19.6. The lowest BCUT2D eigenvalue weighted by Gasteiger charge is -2.07. The molecule has 0 unspecified atom stereocenters. The van der Waals surface area contributed by atoms with Crippen LogP contribution in [-0.4, -0.2) is 69.0 Å². The number of aromatic nitrogens is 10. The summed E-state index contributed by atoms with van der Waals surface area (Å²) >= 11 is 1.69. The molecule has 0 atom stereocenters. The van der Waals surface area contributed by atoms with Crippen molar-refractivity contribution < 1.29 is 27.5 Å². The summed E-state index contributed by atoms with van der Waals surface area (Å²) in [6, 6.07) is 16.4. The Hall–Kier alpha value is -7.47. The van der Waals surface area contributed by atoms with Crippen LogP contribution < -0.4 is 9.47 Å². The number of aliphatic imine (C=N–C) groups is 1. The number of hydrogen-bond acceptors (Lipinski definition) is 16. The van der Waals surface area contributed by atoms with Crippen molar-refractivity contribution in [3.8, 4) is 11.8 Å². The highest BCUT2D eigenvalue weighted by atomic mass is 32.1. The Kier molecular flexibility index (Phi) is 33.6. The van der Waals surface area contributed by atoms with Crippen molar-refractivity contribution in [2.45, 2.75) is 196 Å². The molecule has 0 saturated carbocycles. The van der Waals surface area contributed by atoms with E-state index in [1.807, 2.05) is 39.8 Å². The van der Waals surface area contributed by atoms with Gasteiger partial charge in [0.15, 0.2) is 11.7 Å². The minimum absolute atomic E-state index is 0.520. The number of nitrogens with zero attached hydrogens (tertiary/aromatic N) is 11. The lowest BCUT2D eigenvalue weighted by Crippen LogP contribution is -2.04. The molecule has 0 fully saturated rings. The second-order valence-electron chi connectivity index (χ2n) is 25.4. The predicted molar refractivity (Wildman–Crippen MR) is 365 cm³/mol. The first-order valence-corrected chi connectivity index (χ1v) is 32.3. The number of ether oxygens (including phenoxy) is 2. The largest absolute Gasteiger partial charge is 0.479 e. The summed E-state index contributed by atoms with van der Waals surface area (Å²) in [5.41, 5.74) is 7.22. The van der Waals surface area contributed by atoms with E-state index in [1.165, 1.54) is 27.7 Å². The van der Waals surface area contributed by atoms with Gasteiger partial charge in [-0.15, -0.1) is 21.5 Å². The van der Waals surface area contributed by atoms with Crippen LogP contribution in [0.1, 0.15) is 198 Å². The van der Waals surface area contributed by atoms with Crippen molar-refractivity contribution >= 4 is 33.5 Å². The maximum Gasteiger partial charge on any atom is 0.254 e. The maximum absolute atomic E-state index is 5.28. The average molecular weight is 1240 g/mol. The molecule has 18 heteroatoms. The van der Waals surface area contributed by atoms with Gasteiger partial charge in [-0.05, 0) is 115 Å². The molecule has 1 aromatic carbocycles. The van der Waals surface area contributed by atoms with E-state index in [0.717, 1.165) is 88.2 Å². The van der Waals surface area contributed by atoms with E-state index in [9.17, 15) is 0 Å². The minimum Gasteiger partial charge on any atom is -0.479 e. The fraction of sp³-hybridized carbons (Fsp3) is 0.535. The smallest absolute Gasteiger partial charge is 0.254 e. The van der Waals surface area contributed by atoms with Gasteiger partial charge < -0.3 is 36.4 Å². The van der Waals surface area contributed by atoms with Gasteiger partial charge in [-0.3, -0.25) is 4.99 Å². The molecule has 89 heavy (non-hydrogen) atoms. The van der Waals surface area contributed by atoms with Gasteiger partial charge in [0.25, 0.3) is 11.8 Å². The summed E-state index contributed by atoms with van der Waals surface area (Å²) in [5.74, 6) is 10.8. The maximum atomic E-state index is 5.28. The molecule has 0 saturated heterocycles. The molecule has 8 aromatic heterocycles. The number of methoxy groups -OCH3 is 1. The molecular weight excluding hydrogens is 1130 g/mol. The quantitative estimate of drug-likeness (QED) is 0.0886. The third-order valence-corrected chi connectivity index (χ3v) is 13.3. The topological polar surface area (TPSA) is 196 Å². The standard InChI is InChI=1S/C12H15N.C11H14N2.C10H15N.2C8H13NO2.C8H13NO.C7H12N2O.C7H12N2S/c1-9(2)11-6-4-5-10-7-13(3)8-12(10)11;1-8(2)10-5-4-6-11-12-9(3)7-13(10)11;1-8(2)4-6-10-7-5-9(3)11-10;1-6(2)5-10-8-4-7(3)11-9-8;1-6(2)4-7-5-8(10-3)9-11-7;1-6(2)4-8-5-9-7(3)10-8;1-5(2)4-7-8-6(3)10-9-7;1-5(2)4-7-9-8-6(3)10-7/h4-9H,1-3H3;4-8H,1-3H3;4,6-8H,5H2,1-3H3;4,6H,5H2,1-3H3;5-6H,4H2,1-3H3;5-6H,4H2,1-3H3;2*5H,4H2,1-3H3/b;;6-4+;;;;;. The van der Waals surface area contributed by atoms with E-state index < -0.39 is 0 Å². The van der Waals surface area contributed by atoms with Gasteiger partial charge in [0.1, 0.15) is 32.9 Å². The zero-order valence-electron chi connectivity index (χ0n) is 58.3. The number of benzene rings is 1. The van der Waals surface area contributed by atoms with Crippen molar-refractivity contribution in [1.82, 2.24) is 49.6 Å². The Morgan fingerprint density at radius 2 is 1.30 bits per heavy atom. The Morgan fingerprint density at radius 1 is 0.640 bits per heavy atom. The van der Waals surface area contributed by atoms with E-state index in [4.69, 9.17) is 27.5 Å². The Bertz CT molecular complexity index is 3270. The number of imidazole rings is 1. The van der Waals surface area contributed by atoms with Crippen LogP contribution in [0.2, 0.25) is 0 Å². The third kappa shape index (κ3) is 31.0. The van der Waals surface area contributed by atoms with Gasteiger partial charge in [-0.2, -0.15) is 4.98 Å². The zero-order valence-corrected chi connectivity index (χ0v) is 59.1. The molecule has 0 amide bonds. The highest BCUT2D eigenvalue weighted by molar-refractivity contribution is 7.11. The molecule has 9 aromatic rings. The van der Waals surface area contributed by atoms with Gasteiger partial charge in [0.2, 0.25) is 5.89 Å². The van der Waals surface area contributed by atoms with Crippen LogP contribution in [-0.2, 0) is 32.7 Å².